The van der Waals surface area contributed by atoms with E-state index < -0.39 is 0 Å². The maximum Gasteiger partial charge on any atom is 0.270 e. The molecule has 0 atom stereocenters. The molecule has 0 saturated carbocycles. The Hall–Kier alpha value is -2.31. The van der Waals surface area contributed by atoms with Crippen molar-refractivity contribution < 1.29 is 14.3 Å². The summed E-state index contributed by atoms with van der Waals surface area (Å²) in [6.07, 6.45) is 1.83. The lowest BCUT2D eigenvalue weighted by atomic mass is 10.2. The van der Waals surface area contributed by atoms with Gasteiger partial charge in [-0.2, -0.15) is 0 Å². The average Bonchev–Trinajstić information content (AvgIpc) is 2.89. The number of nitrogens with zero attached hydrogens (tertiary/aromatic N) is 1. The molecule has 1 saturated heterocycles. The van der Waals surface area contributed by atoms with Crippen molar-refractivity contribution in [1.82, 2.24) is 0 Å². The van der Waals surface area contributed by atoms with Crippen molar-refractivity contribution in [3.05, 3.63) is 59.0 Å². The molecule has 1 fully saturated rings. The molecule has 4 nitrogen and oxygen atoms in total. The first-order chi connectivity index (χ1) is 12.1. The Morgan fingerprint density at radius 2 is 2.00 bits per heavy atom. The van der Waals surface area contributed by atoms with E-state index in [1.165, 1.54) is 16.7 Å². The smallest absolute Gasteiger partial charge is 0.270 e. The molecule has 0 aromatic heterocycles. The van der Waals surface area contributed by atoms with Gasteiger partial charge in [0.1, 0.15) is 11.5 Å². The molecule has 25 heavy (non-hydrogen) atoms. The number of hydrogen-bond acceptors (Lipinski definition) is 5. The SMILES string of the molecule is CCOc1cccc(/C=C2\SC(=S)N(c3ccccc3OC)C2=O)c1. The van der Waals surface area contributed by atoms with Crippen LogP contribution in [0.25, 0.3) is 6.08 Å². The Balaban J connectivity index is 1.92. The first-order valence-electron chi connectivity index (χ1n) is 7.78. The lowest BCUT2D eigenvalue weighted by Crippen LogP contribution is -2.27. The molecule has 0 N–H and O–H groups in total. The fraction of sp³-hybridized carbons (Fsp3) is 0.158. The summed E-state index contributed by atoms with van der Waals surface area (Å²) >= 11 is 6.70. The first-order valence-corrected chi connectivity index (χ1v) is 9.00. The highest BCUT2D eigenvalue weighted by molar-refractivity contribution is 8.27. The van der Waals surface area contributed by atoms with E-state index in [4.69, 9.17) is 21.7 Å². The number of thiocarbonyl (C=S) groups is 1. The molecule has 1 amide bonds. The molecule has 6 heteroatoms. The van der Waals surface area contributed by atoms with Crippen molar-refractivity contribution in [1.29, 1.82) is 0 Å². The fourth-order valence-electron chi connectivity index (χ4n) is 2.50. The average molecular weight is 371 g/mol. The molecule has 0 aliphatic carbocycles. The second-order valence-corrected chi connectivity index (χ2v) is 6.87. The molecular formula is C19H17NO3S2. The van der Waals surface area contributed by atoms with Gasteiger partial charge in [0.05, 0.1) is 24.3 Å². The summed E-state index contributed by atoms with van der Waals surface area (Å²) in [6.45, 7) is 2.53. The van der Waals surface area contributed by atoms with E-state index in [9.17, 15) is 4.79 Å². The van der Waals surface area contributed by atoms with Crippen LogP contribution in [0.2, 0.25) is 0 Å². The Bertz CT molecular complexity index is 848. The fourth-order valence-corrected chi connectivity index (χ4v) is 3.79. The number of para-hydroxylation sites is 2. The van der Waals surface area contributed by atoms with E-state index in [-0.39, 0.29) is 5.91 Å². The predicted molar refractivity (Wildman–Crippen MR) is 106 cm³/mol. The third-order valence-corrected chi connectivity index (χ3v) is 4.89. The van der Waals surface area contributed by atoms with Crippen LogP contribution in [0.4, 0.5) is 5.69 Å². The summed E-state index contributed by atoms with van der Waals surface area (Å²) < 4.78 is 11.3. The van der Waals surface area contributed by atoms with Crippen molar-refractivity contribution in [3.8, 4) is 11.5 Å². The van der Waals surface area contributed by atoms with Crippen LogP contribution in [-0.2, 0) is 4.79 Å². The van der Waals surface area contributed by atoms with Crippen molar-refractivity contribution in [2.45, 2.75) is 6.92 Å². The molecule has 3 rings (SSSR count). The molecule has 2 aromatic rings. The molecule has 0 spiro atoms. The number of methoxy groups -OCH3 is 1. The van der Waals surface area contributed by atoms with Gasteiger partial charge in [-0.15, -0.1) is 0 Å². The van der Waals surface area contributed by atoms with Crippen LogP contribution in [-0.4, -0.2) is 23.9 Å². The summed E-state index contributed by atoms with van der Waals surface area (Å²) in [4.78, 5) is 14.9. The zero-order valence-corrected chi connectivity index (χ0v) is 15.5. The minimum Gasteiger partial charge on any atom is -0.495 e. The number of hydrogen-bond donors (Lipinski definition) is 0. The summed E-state index contributed by atoms with van der Waals surface area (Å²) in [5, 5.41) is 0. The minimum atomic E-state index is -0.152. The number of thioether (sulfide) groups is 1. The normalized spacial score (nSPS) is 15.8. The second kappa shape index (κ2) is 7.72. The molecule has 1 aliphatic heterocycles. The zero-order chi connectivity index (χ0) is 17.8. The molecular weight excluding hydrogens is 354 g/mol. The van der Waals surface area contributed by atoms with Gasteiger partial charge in [0.25, 0.3) is 5.91 Å². The van der Waals surface area contributed by atoms with Gasteiger partial charge in [0, 0.05) is 0 Å². The summed E-state index contributed by atoms with van der Waals surface area (Å²) in [6, 6.07) is 15.0. The maximum absolute atomic E-state index is 12.9. The van der Waals surface area contributed by atoms with E-state index >= 15 is 0 Å². The number of amides is 1. The van der Waals surface area contributed by atoms with E-state index in [0.29, 0.717) is 27.3 Å². The van der Waals surface area contributed by atoms with E-state index in [2.05, 4.69) is 0 Å². The van der Waals surface area contributed by atoms with Crippen molar-refractivity contribution in [2.24, 2.45) is 0 Å². The predicted octanol–water partition coefficient (Wildman–Crippen LogP) is 4.50. The molecule has 2 aromatic carbocycles. The van der Waals surface area contributed by atoms with Crippen LogP contribution >= 0.6 is 24.0 Å². The lowest BCUT2D eigenvalue weighted by Gasteiger charge is -2.17. The third-order valence-electron chi connectivity index (χ3n) is 3.59. The third kappa shape index (κ3) is 3.70. The second-order valence-electron chi connectivity index (χ2n) is 5.19. The lowest BCUT2D eigenvalue weighted by molar-refractivity contribution is -0.113. The molecule has 128 valence electrons. The molecule has 1 aliphatic rings. The van der Waals surface area contributed by atoms with Crippen molar-refractivity contribution >= 4 is 46.0 Å². The topological polar surface area (TPSA) is 38.8 Å². The summed E-state index contributed by atoms with van der Waals surface area (Å²) in [7, 11) is 1.57. The Morgan fingerprint density at radius 3 is 2.76 bits per heavy atom. The van der Waals surface area contributed by atoms with Gasteiger partial charge < -0.3 is 9.47 Å². The van der Waals surface area contributed by atoms with Gasteiger partial charge in [-0.25, -0.2) is 0 Å². The van der Waals surface area contributed by atoms with Gasteiger partial charge in [-0.3, -0.25) is 9.69 Å². The number of anilines is 1. The number of rotatable bonds is 5. The van der Waals surface area contributed by atoms with Crippen LogP contribution in [0.1, 0.15) is 12.5 Å². The Labute approximate surface area is 156 Å². The van der Waals surface area contributed by atoms with E-state index in [1.807, 2.05) is 61.5 Å². The first kappa shape index (κ1) is 17.5. The van der Waals surface area contributed by atoms with Gasteiger partial charge >= 0.3 is 0 Å². The number of benzene rings is 2. The quantitative estimate of drug-likeness (QED) is 0.572. The van der Waals surface area contributed by atoms with Gasteiger partial charge in [-0.05, 0) is 42.8 Å². The van der Waals surface area contributed by atoms with Gasteiger partial charge in [0.15, 0.2) is 4.32 Å². The Morgan fingerprint density at radius 1 is 1.20 bits per heavy atom. The largest absolute Gasteiger partial charge is 0.495 e. The maximum atomic E-state index is 12.9. The van der Waals surface area contributed by atoms with Gasteiger partial charge in [0.2, 0.25) is 0 Å². The van der Waals surface area contributed by atoms with Crippen LogP contribution < -0.4 is 14.4 Å². The van der Waals surface area contributed by atoms with Crippen LogP contribution in [0, 0.1) is 0 Å². The zero-order valence-electron chi connectivity index (χ0n) is 13.9. The molecule has 0 unspecified atom stereocenters. The van der Waals surface area contributed by atoms with Crippen molar-refractivity contribution in [2.75, 3.05) is 18.6 Å². The molecule has 0 bridgehead atoms. The van der Waals surface area contributed by atoms with E-state index in [0.717, 1.165) is 11.3 Å². The monoisotopic (exact) mass is 371 g/mol. The van der Waals surface area contributed by atoms with Crippen LogP contribution in [0.15, 0.2) is 53.4 Å². The highest BCUT2D eigenvalue weighted by Crippen LogP contribution is 2.39. The number of ether oxygens (including phenoxy) is 2. The van der Waals surface area contributed by atoms with Crippen LogP contribution in [0.5, 0.6) is 11.5 Å². The number of carbonyl (C=O) groups excluding carboxylic acids is 1. The van der Waals surface area contributed by atoms with Gasteiger partial charge in [-0.1, -0.05) is 48.2 Å². The molecule has 0 radical (unpaired) electrons. The molecule has 1 heterocycles. The highest BCUT2D eigenvalue weighted by atomic mass is 32.2. The summed E-state index contributed by atoms with van der Waals surface area (Å²) in [5.41, 5.74) is 1.55. The number of carbonyl (C=O) groups is 1. The van der Waals surface area contributed by atoms with E-state index in [1.54, 1.807) is 7.11 Å². The Kier molecular flexibility index (Phi) is 5.40. The minimum absolute atomic E-state index is 0.152. The standard InChI is InChI=1S/C19H17NO3S2/c1-3-23-14-8-6-7-13(11-14)12-17-18(21)20(19(24)25-17)15-9-4-5-10-16(15)22-2/h4-12H,3H2,1-2H3/b17-12-. The van der Waals surface area contributed by atoms with Crippen LogP contribution in [0.3, 0.4) is 0 Å². The summed E-state index contributed by atoms with van der Waals surface area (Å²) in [5.74, 6) is 1.23. The van der Waals surface area contributed by atoms with Crippen molar-refractivity contribution in [3.63, 3.8) is 0 Å². The highest BCUT2D eigenvalue weighted by Gasteiger charge is 2.34.